The Kier molecular flexibility index (Phi) is 4.17. The van der Waals surface area contributed by atoms with Crippen LogP contribution in [-0.4, -0.2) is 41.0 Å². The minimum absolute atomic E-state index is 0.109. The number of anilines is 1. The van der Waals surface area contributed by atoms with Gasteiger partial charge in [0.2, 0.25) is 5.91 Å². The first kappa shape index (κ1) is 15.1. The minimum Gasteiger partial charge on any atom is -0.480 e. The van der Waals surface area contributed by atoms with E-state index in [0.717, 1.165) is 21.9 Å². The van der Waals surface area contributed by atoms with Gasteiger partial charge in [-0.2, -0.15) is 0 Å². The number of carboxylic acid groups (broad SMARTS) is 1. The number of nitrogens with one attached hydrogen (secondary N) is 1. The van der Waals surface area contributed by atoms with E-state index in [1.165, 1.54) is 0 Å². The second-order valence-corrected chi connectivity index (χ2v) is 6.16. The van der Waals surface area contributed by atoms with E-state index in [4.69, 9.17) is 9.52 Å². The molecule has 1 saturated heterocycles. The van der Waals surface area contributed by atoms with Crippen LogP contribution in [0.1, 0.15) is 12.8 Å². The first-order chi connectivity index (χ1) is 10.5. The summed E-state index contributed by atoms with van der Waals surface area (Å²) in [5, 5.41) is 12.7. The highest BCUT2D eigenvalue weighted by molar-refractivity contribution is 9.10. The van der Waals surface area contributed by atoms with E-state index in [0.29, 0.717) is 18.7 Å². The molecule has 3 rings (SSSR count). The van der Waals surface area contributed by atoms with Crippen molar-refractivity contribution >= 4 is 44.5 Å². The summed E-state index contributed by atoms with van der Waals surface area (Å²) in [6.45, 7) is 0.525. The molecule has 22 heavy (non-hydrogen) atoms. The van der Waals surface area contributed by atoms with Crippen LogP contribution in [0.3, 0.4) is 0 Å². The Morgan fingerprint density at radius 3 is 3.05 bits per heavy atom. The summed E-state index contributed by atoms with van der Waals surface area (Å²) >= 11 is 3.41. The molecular weight excluding hydrogens is 352 g/mol. The molecule has 0 radical (unpaired) electrons. The van der Waals surface area contributed by atoms with Gasteiger partial charge < -0.3 is 14.8 Å². The maximum Gasteiger partial charge on any atom is 0.317 e. The number of furan rings is 1. The molecule has 1 fully saturated rings. The summed E-state index contributed by atoms with van der Waals surface area (Å²) in [7, 11) is 0. The molecular formula is C15H15BrN2O4. The van der Waals surface area contributed by atoms with Crippen LogP contribution in [-0.2, 0) is 9.59 Å². The first-order valence-electron chi connectivity index (χ1n) is 6.98. The lowest BCUT2D eigenvalue weighted by Crippen LogP contribution is -2.42. The number of carboxylic acids is 1. The van der Waals surface area contributed by atoms with Crippen molar-refractivity contribution in [3.63, 3.8) is 0 Å². The maximum absolute atomic E-state index is 12.4. The molecule has 2 heterocycles. The van der Waals surface area contributed by atoms with E-state index >= 15 is 0 Å². The number of amides is 1. The fourth-order valence-corrected chi connectivity index (χ4v) is 3.39. The Morgan fingerprint density at radius 1 is 1.45 bits per heavy atom. The monoisotopic (exact) mass is 366 g/mol. The van der Waals surface area contributed by atoms with E-state index in [-0.39, 0.29) is 12.5 Å². The molecule has 1 aromatic heterocycles. The number of hydrogen-bond donors (Lipinski definition) is 2. The minimum atomic E-state index is -0.915. The highest BCUT2D eigenvalue weighted by atomic mass is 79.9. The predicted molar refractivity (Wildman–Crippen MR) is 84.8 cm³/mol. The number of hydrogen-bond acceptors (Lipinski definition) is 4. The molecule has 0 saturated carbocycles. The third kappa shape index (κ3) is 3.00. The van der Waals surface area contributed by atoms with Crippen molar-refractivity contribution in [1.29, 1.82) is 0 Å². The van der Waals surface area contributed by atoms with E-state index in [9.17, 15) is 9.59 Å². The standard InChI is InChI=1S/C15H15BrN2O4/c16-11-7-10(6-9-3-5-22-14(9)11)17-15(21)12-2-1-4-18(12)8-13(19)20/h3,5-7,12H,1-2,4,8H2,(H,17,21)(H,19,20)/t12-/m1/s1. The fraction of sp³-hybridized carbons (Fsp3) is 0.333. The molecule has 1 aromatic carbocycles. The molecule has 1 aliphatic heterocycles. The Labute approximate surface area is 135 Å². The number of halogens is 1. The molecule has 1 aliphatic rings. The van der Waals surface area contributed by atoms with Gasteiger partial charge in [0.25, 0.3) is 0 Å². The van der Waals surface area contributed by atoms with Crippen LogP contribution in [0.15, 0.2) is 33.4 Å². The van der Waals surface area contributed by atoms with Crippen LogP contribution in [0.4, 0.5) is 5.69 Å². The Hall–Kier alpha value is -1.86. The molecule has 1 atom stereocenters. The summed E-state index contributed by atoms with van der Waals surface area (Å²) in [6.07, 6.45) is 3.09. The SMILES string of the molecule is O=C(O)CN1CCC[C@@H]1C(=O)Nc1cc(Br)c2occc2c1. The second kappa shape index (κ2) is 6.10. The third-order valence-electron chi connectivity index (χ3n) is 3.78. The van der Waals surface area contributed by atoms with Crippen molar-refractivity contribution in [1.82, 2.24) is 4.90 Å². The number of nitrogens with zero attached hydrogens (tertiary/aromatic N) is 1. The highest BCUT2D eigenvalue weighted by Gasteiger charge is 2.31. The van der Waals surface area contributed by atoms with Crippen LogP contribution in [0.5, 0.6) is 0 Å². The molecule has 0 bridgehead atoms. The third-order valence-corrected chi connectivity index (χ3v) is 4.37. The van der Waals surface area contributed by atoms with Gasteiger partial charge in [-0.15, -0.1) is 0 Å². The Balaban J connectivity index is 1.76. The number of fused-ring (bicyclic) bond motifs is 1. The van der Waals surface area contributed by atoms with Crippen molar-refractivity contribution < 1.29 is 19.1 Å². The second-order valence-electron chi connectivity index (χ2n) is 5.31. The van der Waals surface area contributed by atoms with Crippen molar-refractivity contribution in [3.8, 4) is 0 Å². The van der Waals surface area contributed by atoms with Crippen LogP contribution in [0.25, 0.3) is 11.0 Å². The molecule has 6 nitrogen and oxygen atoms in total. The predicted octanol–water partition coefficient (Wildman–Crippen LogP) is 2.68. The zero-order valence-corrected chi connectivity index (χ0v) is 13.3. The lowest BCUT2D eigenvalue weighted by Gasteiger charge is -2.21. The van der Waals surface area contributed by atoms with Gasteiger partial charge in [0, 0.05) is 11.1 Å². The molecule has 0 aliphatic carbocycles. The lowest BCUT2D eigenvalue weighted by molar-refractivity contribution is -0.139. The van der Waals surface area contributed by atoms with E-state index in [1.807, 2.05) is 12.1 Å². The summed E-state index contributed by atoms with van der Waals surface area (Å²) in [5.74, 6) is -1.09. The largest absolute Gasteiger partial charge is 0.480 e. The molecule has 2 N–H and O–H groups in total. The fourth-order valence-electron chi connectivity index (χ4n) is 2.82. The normalized spacial score (nSPS) is 18.7. The maximum atomic E-state index is 12.4. The lowest BCUT2D eigenvalue weighted by atomic mass is 10.2. The van der Waals surface area contributed by atoms with Crippen molar-refractivity contribution in [2.75, 3.05) is 18.4 Å². The van der Waals surface area contributed by atoms with Gasteiger partial charge in [0.15, 0.2) is 0 Å². The van der Waals surface area contributed by atoms with Gasteiger partial charge in [-0.3, -0.25) is 14.5 Å². The van der Waals surface area contributed by atoms with Gasteiger partial charge in [0.1, 0.15) is 5.58 Å². The van der Waals surface area contributed by atoms with Crippen molar-refractivity contribution in [3.05, 3.63) is 28.9 Å². The zero-order valence-electron chi connectivity index (χ0n) is 11.7. The topological polar surface area (TPSA) is 82.8 Å². The number of carbonyl (C=O) groups excluding carboxylic acids is 1. The molecule has 2 aromatic rings. The van der Waals surface area contributed by atoms with Crippen LogP contribution in [0, 0.1) is 0 Å². The average Bonchev–Trinajstić information content (AvgIpc) is 3.06. The van der Waals surface area contributed by atoms with Gasteiger partial charge in [0.05, 0.1) is 23.3 Å². The smallest absolute Gasteiger partial charge is 0.317 e. The van der Waals surface area contributed by atoms with Gasteiger partial charge in [-0.25, -0.2) is 0 Å². The number of likely N-dealkylation sites (tertiary alicyclic amines) is 1. The van der Waals surface area contributed by atoms with Gasteiger partial charge >= 0.3 is 5.97 Å². The first-order valence-corrected chi connectivity index (χ1v) is 7.77. The van der Waals surface area contributed by atoms with Crippen molar-refractivity contribution in [2.45, 2.75) is 18.9 Å². The molecule has 0 spiro atoms. The number of benzene rings is 1. The van der Waals surface area contributed by atoms with Crippen LogP contribution in [0.2, 0.25) is 0 Å². The summed E-state index contributed by atoms with van der Waals surface area (Å²) in [5.41, 5.74) is 1.39. The van der Waals surface area contributed by atoms with Crippen LogP contribution >= 0.6 is 15.9 Å². The zero-order chi connectivity index (χ0) is 15.7. The quantitative estimate of drug-likeness (QED) is 0.868. The molecule has 0 unspecified atom stereocenters. The highest BCUT2D eigenvalue weighted by Crippen LogP contribution is 2.29. The van der Waals surface area contributed by atoms with Crippen molar-refractivity contribution in [2.24, 2.45) is 0 Å². The number of rotatable bonds is 4. The molecule has 116 valence electrons. The molecule has 7 heteroatoms. The van der Waals surface area contributed by atoms with E-state index in [2.05, 4.69) is 21.2 Å². The molecule has 1 amide bonds. The Morgan fingerprint density at radius 2 is 2.27 bits per heavy atom. The van der Waals surface area contributed by atoms with E-state index < -0.39 is 12.0 Å². The van der Waals surface area contributed by atoms with Gasteiger partial charge in [-0.1, -0.05) is 0 Å². The van der Waals surface area contributed by atoms with E-state index in [1.54, 1.807) is 17.2 Å². The summed E-state index contributed by atoms with van der Waals surface area (Å²) < 4.78 is 6.10. The summed E-state index contributed by atoms with van der Waals surface area (Å²) in [4.78, 5) is 25.0. The Bertz CT molecular complexity index is 727. The van der Waals surface area contributed by atoms with Crippen LogP contribution < -0.4 is 5.32 Å². The average molecular weight is 367 g/mol. The van der Waals surface area contributed by atoms with Gasteiger partial charge in [-0.05, 0) is 53.5 Å². The summed E-state index contributed by atoms with van der Waals surface area (Å²) in [6, 6.07) is 5.04. The number of aliphatic carboxylic acids is 1. The number of carbonyl (C=O) groups is 2.